The number of carboxylic acids is 2. The molecular formula is C30H45N7O10. The second-order valence-corrected chi connectivity index (χ2v) is 11.0. The topological polar surface area (TPSA) is 289 Å². The quantitative estimate of drug-likeness (QED) is 0.0695. The van der Waals surface area contributed by atoms with Crippen LogP contribution in [0.4, 0.5) is 0 Å². The van der Waals surface area contributed by atoms with E-state index >= 15 is 0 Å². The number of rotatable bonds is 21. The van der Waals surface area contributed by atoms with Crippen molar-refractivity contribution in [2.75, 3.05) is 0 Å². The smallest absolute Gasteiger partial charge is 0.326 e. The van der Waals surface area contributed by atoms with E-state index in [1.54, 1.807) is 30.3 Å². The molecule has 1 aromatic rings. The van der Waals surface area contributed by atoms with E-state index in [1.165, 1.54) is 13.8 Å². The van der Waals surface area contributed by atoms with E-state index in [1.807, 2.05) is 6.92 Å². The first-order valence-corrected chi connectivity index (χ1v) is 15.1. The number of nitrogens with two attached hydrogens (primary N) is 2. The van der Waals surface area contributed by atoms with Gasteiger partial charge < -0.3 is 48.3 Å². The molecule has 47 heavy (non-hydrogen) atoms. The number of carbonyl (C=O) groups excluding carboxylic acids is 6. The predicted molar refractivity (Wildman–Crippen MR) is 167 cm³/mol. The van der Waals surface area contributed by atoms with E-state index in [0.717, 1.165) is 0 Å². The highest BCUT2D eigenvalue weighted by molar-refractivity contribution is 5.96. The second kappa shape index (κ2) is 20.1. The fourth-order valence-electron chi connectivity index (χ4n) is 4.19. The third-order valence-corrected chi connectivity index (χ3v) is 6.92. The first-order chi connectivity index (χ1) is 22.0. The summed E-state index contributed by atoms with van der Waals surface area (Å²) >= 11 is 0. The molecule has 0 saturated heterocycles. The highest BCUT2D eigenvalue weighted by atomic mass is 16.4. The molecule has 0 saturated carbocycles. The number of aliphatic carboxylic acids is 2. The number of benzene rings is 1. The van der Waals surface area contributed by atoms with Crippen LogP contribution in [0.5, 0.6) is 0 Å². The van der Waals surface area contributed by atoms with E-state index in [0.29, 0.717) is 18.4 Å². The molecule has 6 amide bonds. The molecule has 17 nitrogen and oxygen atoms in total. The third-order valence-electron chi connectivity index (χ3n) is 6.92. The Morgan fingerprint density at radius 2 is 1.21 bits per heavy atom. The van der Waals surface area contributed by atoms with Crippen LogP contribution in [-0.2, 0) is 44.8 Å². The van der Waals surface area contributed by atoms with Crippen LogP contribution in [0.15, 0.2) is 30.3 Å². The molecule has 0 spiro atoms. The number of hydrogen-bond acceptors (Lipinski definition) is 9. The second-order valence-electron chi connectivity index (χ2n) is 11.0. The number of nitrogens with one attached hydrogen (secondary N) is 5. The zero-order valence-corrected chi connectivity index (χ0v) is 26.6. The summed E-state index contributed by atoms with van der Waals surface area (Å²) < 4.78 is 0. The fourth-order valence-corrected chi connectivity index (χ4v) is 4.19. The van der Waals surface area contributed by atoms with Crippen LogP contribution in [0.25, 0.3) is 0 Å². The van der Waals surface area contributed by atoms with Crippen LogP contribution >= 0.6 is 0 Å². The van der Waals surface area contributed by atoms with Crippen molar-refractivity contribution in [3.8, 4) is 0 Å². The monoisotopic (exact) mass is 663 g/mol. The van der Waals surface area contributed by atoms with Gasteiger partial charge in [-0.1, -0.05) is 50.1 Å². The zero-order valence-electron chi connectivity index (χ0n) is 26.6. The molecule has 0 aliphatic heterocycles. The van der Waals surface area contributed by atoms with Gasteiger partial charge in [0.05, 0.1) is 12.5 Å². The molecule has 11 N–H and O–H groups in total. The summed E-state index contributed by atoms with van der Waals surface area (Å²) in [4.78, 5) is 98.0. The molecule has 0 unspecified atom stereocenters. The van der Waals surface area contributed by atoms with Crippen molar-refractivity contribution in [1.29, 1.82) is 0 Å². The number of carbonyl (C=O) groups is 8. The van der Waals surface area contributed by atoms with Crippen molar-refractivity contribution in [3.05, 3.63) is 35.9 Å². The average Bonchev–Trinajstić information content (AvgIpc) is 3.00. The first kappa shape index (κ1) is 40.0. The van der Waals surface area contributed by atoms with E-state index in [-0.39, 0.29) is 25.7 Å². The Hall–Kier alpha value is -5.06. The van der Waals surface area contributed by atoms with Crippen molar-refractivity contribution in [1.82, 2.24) is 26.6 Å². The lowest BCUT2D eigenvalue weighted by Crippen LogP contribution is -2.58. The van der Waals surface area contributed by atoms with Crippen LogP contribution in [0.2, 0.25) is 0 Å². The SMILES string of the molecule is CCCC[C@H](NC(=O)[C@@H](N)CC(=O)O)C(=O)N[C@@H](C)C(=O)N[C@@H](C)C(=O)N[C@@H](Cc1ccccc1)C(=O)N[C@@H](CCC(N)=O)C(=O)O. The number of unbranched alkanes of at least 4 members (excludes halogenated alkanes) is 1. The van der Waals surface area contributed by atoms with Gasteiger partial charge in [0.25, 0.3) is 0 Å². The normalized spacial score (nSPS) is 14.6. The van der Waals surface area contributed by atoms with Gasteiger partial charge in [-0.05, 0) is 32.3 Å². The van der Waals surface area contributed by atoms with Gasteiger partial charge in [0.1, 0.15) is 30.2 Å². The molecule has 260 valence electrons. The van der Waals surface area contributed by atoms with E-state index in [2.05, 4.69) is 26.6 Å². The maximum absolute atomic E-state index is 13.1. The van der Waals surface area contributed by atoms with Gasteiger partial charge in [-0.3, -0.25) is 33.6 Å². The number of hydrogen-bond donors (Lipinski definition) is 9. The number of primary amides is 1. The van der Waals surface area contributed by atoms with Crippen LogP contribution in [-0.4, -0.2) is 93.8 Å². The van der Waals surface area contributed by atoms with Gasteiger partial charge in [0.15, 0.2) is 0 Å². The molecule has 0 aromatic heterocycles. The lowest BCUT2D eigenvalue weighted by molar-refractivity contribution is -0.142. The first-order valence-electron chi connectivity index (χ1n) is 15.1. The van der Waals surface area contributed by atoms with E-state index < -0.39 is 90.1 Å². The molecule has 0 bridgehead atoms. The minimum absolute atomic E-state index is 0.0330. The maximum Gasteiger partial charge on any atom is 0.326 e. The average molecular weight is 664 g/mol. The number of amides is 6. The summed E-state index contributed by atoms with van der Waals surface area (Å²) in [7, 11) is 0. The molecule has 0 aliphatic rings. The highest BCUT2D eigenvalue weighted by Crippen LogP contribution is 2.07. The van der Waals surface area contributed by atoms with Gasteiger partial charge in [0.2, 0.25) is 35.4 Å². The largest absolute Gasteiger partial charge is 0.481 e. The maximum atomic E-state index is 13.1. The lowest BCUT2D eigenvalue weighted by atomic mass is 10.0. The van der Waals surface area contributed by atoms with Gasteiger partial charge in [-0.15, -0.1) is 0 Å². The van der Waals surface area contributed by atoms with Crippen LogP contribution < -0.4 is 38.1 Å². The van der Waals surface area contributed by atoms with Crippen molar-refractivity contribution in [3.63, 3.8) is 0 Å². The highest BCUT2D eigenvalue weighted by Gasteiger charge is 2.30. The fraction of sp³-hybridized carbons (Fsp3) is 0.533. The Bertz CT molecular complexity index is 1280. The molecule has 1 aromatic carbocycles. The molecule has 17 heteroatoms. The Morgan fingerprint density at radius 3 is 1.74 bits per heavy atom. The minimum atomic E-state index is -1.45. The van der Waals surface area contributed by atoms with Crippen LogP contribution in [0.1, 0.15) is 64.9 Å². The Balaban J connectivity index is 2.94. The van der Waals surface area contributed by atoms with Gasteiger partial charge in [0, 0.05) is 12.8 Å². The summed E-state index contributed by atoms with van der Waals surface area (Å²) in [5, 5.41) is 30.5. The summed E-state index contributed by atoms with van der Waals surface area (Å²) in [5.41, 5.74) is 11.3. The summed E-state index contributed by atoms with van der Waals surface area (Å²) in [6, 6.07) is 0.931. The van der Waals surface area contributed by atoms with Crippen LogP contribution in [0.3, 0.4) is 0 Å². The molecule has 0 heterocycles. The lowest BCUT2D eigenvalue weighted by Gasteiger charge is -2.25. The van der Waals surface area contributed by atoms with E-state index in [4.69, 9.17) is 16.6 Å². The van der Waals surface area contributed by atoms with Gasteiger partial charge >= 0.3 is 11.9 Å². The van der Waals surface area contributed by atoms with Crippen molar-refractivity contribution in [2.24, 2.45) is 11.5 Å². The molecule has 0 radical (unpaired) electrons. The predicted octanol–water partition coefficient (Wildman–Crippen LogP) is -1.96. The van der Waals surface area contributed by atoms with Crippen LogP contribution in [0, 0.1) is 0 Å². The molecule has 0 aliphatic carbocycles. The molecular weight excluding hydrogens is 618 g/mol. The minimum Gasteiger partial charge on any atom is -0.481 e. The molecule has 1 rings (SSSR count). The van der Waals surface area contributed by atoms with Crippen molar-refractivity contribution in [2.45, 2.75) is 102 Å². The summed E-state index contributed by atoms with van der Waals surface area (Å²) in [6.07, 6.45) is 0.157. The van der Waals surface area contributed by atoms with E-state index in [9.17, 15) is 43.5 Å². The number of carboxylic acid groups (broad SMARTS) is 2. The van der Waals surface area contributed by atoms with Crippen molar-refractivity contribution < 1.29 is 48.6 Å². The van der Waals surface area contributed by atoms with Crippen molar-refractivity contribution >= 4 is 47.4 Å². The Kier molecular flexibility index (Phi) is 17.1. The third kappa shape index (κ3) is 15.2. The summed E-state index contributed by atoms with van der Waals surface area (Å²) in [5.74, 6) is -7.43. The summed E-state index contributed by atoms with van der Waals surface area (Å²) in [6.45, 7) is 4.54. The Morgan fingerprint density at radius 1 is 0.702 bits per heavy atom. The zero-order chi connectivity index (χ0) is 35.7. The molecule has 0 fully saturated rings. The Labute approximate surface area is 271 Å². The van der Waals surface area contributed by atoms with Gasteiger partial charge in [-0.2, -0.15) is 0 Å². The van der Waals surface area contributed by atoms with Gasteiger partial charge in [-0.25, -0.2) is 4.79 Å². The molecule has 6 atom stereocenters. The standard InChI is InChI=1S/C30H45N7O10/c1-4-5-11-20(35-27(43)19(31)15-24(39)40)28(44)34-16(2)25(41)33-17(3)26(42)37-22(14-18-9-7-6-8-10-18)29(45)36-21(30(46)47)12-13-23(32)38/h6-10,16-17,19-22H,4-5,11-15,31H2,1-3H3,(H2,32,38)(H,33,41)(H,34,44)(H,35,43)(H,36,45)(H,37,42)(H,39,40)(H,46,47)/t16-,17-,19-,20-,21-,22-/m0/s1.